The van der Waals surface area contributed by atoms with Crippen LogP contribution in [0.3, 0.4) is 0 Å². The molecule has 5 heteroatoms. The number of β-amino-alcohol motifs (C(OH)–C–C–N with tert-alkyl or cyclic N) is 1. The Morgan fingerprint density at radius 1 is 1.29 bits per heavy atom. The molecule has 0 atom stereocenters. The third kappa shape index (κ3) is 5.66. The highest BCUT2D eigenvalue weighted by atomic mass is 32.1. The number of nitrogens with zero attached hydrogens (tertiary/aromatic N) is 2. The van der Waals surface area contributed by atoms with Crippen LogP contribution in [0.4, 0.5) is 0 Å². The zero-order valence-corrected chi connectivity index (χ0v) is 11.8. The molecule has 0 aromatic heterocycles. The number of aliphatic hydroxyl groups is 1. The Balaban J connectivity index is 2.32. The Labute approximate surface area is 110 Å². The van der Waals surface area contributed by atoms with Crippen LogP contribution in [0.5, 0.6) is 0 Å². The molecule has 0 amide bonds. The second-order valence-electron chi connectivity index (χ2n) is 4.99. The van der Waals surface area contributed by atoms with E-state index in [1.165, 1.54) is 0 Å². The van der Waals surface area contributed by atoms with Gasteiger partial charge in [-0.25, -0.2) is 0 Å². The highest BCUT2D eigenvalue weighted by Gasteiger charge is 2.16. The van der Waals surface area contributed by atoms with Crippen molar-refractivity contribution in [1.29, 1.82) is 0 Å². The molecule has 0 aromatic carbocycles. The number of hydrogen-bond acceptors (Lipinski definition) is 3. The van der Waals surface area contributed by atoms with Crippen LogP contribution in [0, 0.1) is 5.92 Å². The maximum Gasteiger partial charge on any atom is 0.168 e. The largest absolute Gasteiger partial charge is 0.395 e. The van der Waals surface area contributed by atoms with Crippen molar-refractivity contribution in [2.45, 2.75) is 20.3 Å². The van der Waals surface area contributed by atoms with Gasteiger partial charge in [-0.05, 0) is 31.1 Å². The molecule has 1 fully saturated rings. The molecule has 0 saturated carbocycles. The van der Waals surface area contributed by atoms with Gasteiger partial charge in [-0.15, -0.1) is 0 Å². The first kappa shape index (κ1) is 14.7. The molecule has 0 unspecified atom stereocenters. The van der Waals surface area contributed by atoms with Crippen LogP contribution >= 0.6 is 12.2 Å². The van der Waals surface area contributed by atoms with E-state index in [0.29, 0.717) is 5.92 Å². The predicted octanol–water partition coefficient (Wildman–Crippen LogP) is 0.517. The van der Waals surface area contributed by atoms with Gasteiger partial charge < -0.3 is 15.3 Å². The molecule has 17 heavy (non-hydrogen) atoms. The lowest BCUT2D eigenvalue weighted by atomic mass is 10.2. The minimum Gasteiger partial charge on any atom is -0.395 e. The summed E-state index contributed by atoms with van der Waals surface area (Å²) in [5.41, 5.74) is 0. The molecular weight excluding hydrogens is 234 g/mol. The Morgan fingerprint density at radius 3 is 2.71 bits per heavy atom. The van der Waals surface area contributed by atoms with Gasteiger partial charge in [-0.1, -0.05) is 13.8 Å². The molecule has 1 saturated heterocycles. The number of rotatable bonds is 4. The molecular formula is C12H25N3OS. The molecule has 1 heterocycles. The normalized spacial score (nSPS) is 18.2. The summed E-state index contributed by atoms with van der Waals surface area (Å²) in [6, 6.07) is 0. The van der Waals surface area contributed by atoms with Crippen molar-refractivity contribution in [1.82, 2.24) is 15.1 Å². The van der Waals surface area contributed by atoms with Crippen molar-refractivity contribution in [2.75, 3.05) is 45.9 Å². The number of aliphatic hydroxyl groups excluding tert-OH is 1. The highest BCUT2D eigenvalue weighted by molar-refractivity contribution is 7.80. The minimum absolute atomic E-state index is 0.246. The molecule has 1 aliphatic rings. The maximum atomic E-state index is 8.94. The second-order valence-corrected chi connectivity index (χ2v) is 5.37. The first-order chi connectivity index (χ1) is 8.13. The fourth-order valence-corrected chi connectivity index (χ4v) is 2.21. The summed E-state index contributed by atoms with van der Waals surface area (Å²) in [6.07, 6.45) is 1.11. The molecule has 2 N–H and O–H groups in total. The summed E-state index contributed by atoms with van der Waals surface area (Å²) in [5.74, 6) is 0.616. The first-order valence-corrected chi connectivity index (χ1v) is 6.90. The van der Waals surface area contributed by atoms with E-state index in [1.807, 2.05) is 0 Å². The third-order valence-corrected chi connectivity index (χ3v) is 3.36. The van der Waals surface area contributed by atoms with Gasteiger partial charge in [0.2, 0.25) is 0 Å². The first-order valence-electron chi connectivity index (χ1n) is 6.49. The van der Waals surface area contributed by atoms with Gasteiger partial charge in [0.25, 0.3) is 0 Å². The van der Waals surface area contributed by atoms with Gasteiger partial charge in [0.1, 0.15) is 0 Å². The molecule has 0 spiro atoms. The summed E-state index contributed by atoms with van der Waals surface area (Å²) in [5, 5.41) is 13.1. The average Bonchev–Trinajstić information content (AvgIpc) is 2.52. The van der Waals surface area contributed by atoms with Gasteiger partial charge in [0.05, 0.1) is 6.61 Å². The van der Waals surface area contributed by atoms with Gasteiger partial charge in [0.15, 0.2) is 5.11 Å². The molecule has 0 bridgehead atoms. The summed E-state index contributed by atoms with van der Waals surface area (Å²) in [4.78, 5) is 4.54. The zero-order valence-electron chi connectivity index (χ0n) is 11.0. The lowest BCUT2D eigenvalue weighted by molar-refractivity contribution is 0.201. The lowest BCUT2D eigenvalue weighted by Crippen LogP contribution is -2.43. The molecule has 1 rings (SSSR count). The second kappa shape index (κ2) is 7.84. The van der Waals surface area contributed by atoms with Gasteiger partial charge >= 0.3 is 0 Å². The molecule has 0 radical (unpaired) electrons. The van der Waals surface area contributed by atoms with Crippen molar-refractivity contribution in [2.24, 2.45) is 5.92 Å². The van der Waals surface area contributed by atoms with E-state index < -0.39 is 0 Å². The van der Waals surface area contributed by atoms with Gasteiger partial charge in [-0.3, -0.25) is 4.90 Å². The van der Waals surface area contributed by atoms with E-state index in [-0.39, 0.29) is 6.61 Å². The zero-order chi connectivity index (χ0) is 12.7. The van der Waals surface area contributed by atoms with Crippen LogP contribution in [0.15, 0.2) is 0 Å². The van der Waals surface area contributed by atoms with E-state index in [1.54, 1.807) is 0 Å². The smallest absolute Gasteiger partial charge is 0.168 e. The van der Waals surface area contributed by atoms with E-state index in [0.717, 1.165) is 50.8 Å². The third-order valence-electron chi connectivity index (χ3n) is 2.95. The van der Waals surface area contributed by atoms with Crippen molar-refractivity contribution >= 4 is 17.3 Å². The predicted molar refractivity (Wildman–Crippen MR) is 75.2 cm³/mol. The molecule has 0 aliphatic carbocycles. The fraction of sp³-hybridized carbons (Fsp3) is 0.917. The van der Waals surface area contributed by atoms with Crippen molar-refractivity contribution in [3.8, 4) is 0 Å². The monoisotopic (exact) mass is 259 g/mol. The Kier molecular flexibility index (Phi) is 6.77. The quantitative estimate of drug-likeness (QED) is 0.720. The summed E-state index contributed by atoms with van der Waals surface area (Å²) < 4.78 is 0. The average molecular weight is 259 g/mol. The summed E-state index contributed by atoms with van der Waals surface area (Å²) in [6.45, 7) is 10.4. The molecule has 4 nitrogen and oxygen atoms in total. The van der Waals surface area contributed by atoms with Crippen molar-refractivity contribution < 1.29 is 5.11 Å². The Bertz CT molecular complexity index is 236. The van der Waals surface area contributed by atoms with Crippen LogP contribution < -0.4 is 5.32 Å². The van der Waals surface area contributed by atoms with Crippen LogP contribution in [-0.2, 0) is 0 Å². The lowest BCUT2D eigenvalue weighted by Gasteiger charge is -2.25. The fourth-order valence-electron chi connectivity index (χ4n) is 1.94. The number of hydrogen-bond donors (Lipinski definition) is 2. The minimum atomic E-state index is 0.246. The molecule has 1 aliphatic heterocycles. The standard InChI is InChI=1S/C12H25N3OS/c1-11(2)10-13-12(17)15-5-3-4-14(6-7-15)8-9-16/h11,16H,3-10H2,1-2H3,(H,13,17). The highest BCUT2D eigenvalue weighted by Crippen LogP contribution is 2.03. The molecule has 100 valence electrons. The van der Waals surface area contributed by atoms with Gasteiger partial charge in [0, 0.05) is 32.7 Å². The Morgan fingerprint density at radius 2 is 2.06 bits per heavy atom. The number of nitrogens with one attached hydrogen (secondary N) is 1. The van der Waals surface area contributed by atoms with E-state index >= 15 is 0 Å². The van der Waals surface area contributed by atoms with Crippen LogP contribution in [-0.4, -0.2) is 65.9 Å². The Hall–Kier alpha value is -0.390. The van der Waals surface area contributed by atoms with Crippen LogP contribution in [0.2, 0.25) is 0 Å². The van der Waals surface area contributed by atoms with Crippen LogP contribution in [0.25, 0.3) is 0 Å². The van der Waals surface area contributed by atoms with E-state index in [2.05, 4.69) is 29.0 Å². The van der Waals surface area contributed by atoms with Gasteiger partial charge in [-0.2, -0.15) is 0 Å². The van der Waals surface area contributed by atoms with Crippen molar-refractivity contribution in [3.05, 3.63) is 0 Å². The van der Waals surface area contributed by atoms with Crippen LogP contribution in [0.1, 0.15) is 20.3 Å². The number of thiocarbonyl (C=S) groups is 1. The summed E-state index contributed by atoms with van der Waals surface area (Å²) in [7, 11) is 0. The van der Waals surface area contributed by atoms with Crippen molar-refractivity contribution in [3.63, 3.8) is 0 Å². The molecule has 0 aromatic rings. The van der Waals surface area contributed by atoms with E-state index in [9.17, 15) is 0 Å². The summed E-state index contributed by atoms with van der Waals surface area (Å²) >= 11 is 5.40. The maximum absolute atomic E-state index is 8.94. The SMILES string of the molecule is CC(C)CNC(=S)N1CCCN(CCO)CC1. The van der Waals surface area contributed by atoms with E-state index in [4.69, 9.17) is 17.3 Å². The topological polar surface area (TPSA) is 38.7 Å².